The Bertz CT molecular complexity index is 201. The second kappa shape index (κ2) is 5.99. The topological polar surface area (TPSA) is 38.5 Å². The highest BCUT2D eigenvalue weighted by Crippen LogP contribution is 2.27. The largest absolute Gasteiger partial charge is 0.384 e. The first-order valence-corrected chi connectivity index (χ1v) is 6.39. The summed E-state index contributed by atoms with van der Waals surface area (Å²) < 4.78 is 5.23. The molecule has 1 aliphatic rings. The fraction of sp³-hybridized carbons (Fsp3) is 1.00. The van der Waals surface area contributed by atoms with Gasteiger partial charge in [0.25, 0.3) is 0 Å². The summed E-state index contributed by atoms with van der Waals surface area (Å²) in [7, 11) is 1.79. The molecule has 2 unspecified atom stereocenters. The molecule has 3 heteroatoms. The van der Waals surface area contributed by atoms with E-state index in [2.05, 4.69) is 25.7 Å². The predicted molar refractivity (Wildman–Crippen MR) is 68.5 cm³/mol. The molecule has 0 spiro atoms. The van der Waals surface area contributed by atoms with Gasteiger partial charge in [0.1, 0.15) is 0 Å². The first-order valence-electron chi connectivity index (χ1n) is 6.39. The van der Waals surface area contributed by atoms with Crippen LogP contribution < -0.4 is 5.73 Å². The number of methoxy groups -OCH3 is 1. The third-order valence-corrected chi connectivity index (χ3v) is 3.36. The summed E-state index contributed by atoms with van der Waals surface area (Å²) in [6.07, 6.45) is 2.44. The van der Waals surface area contributed by atoms with Crippen LogP contribution in [0.2, 0.25) is 0 Å². The Morgan fingerprint density at radius 2 is 2.12 bits per heavy atom. The van der Waals surface area contributed by atoms with Crippen LogP contribution >= 0.6 is 0 Å². The number of hydrogen-bond donors (Lipinski definition) is 1. The highest BCUT2D eigenvalue weighted by molar-refractivity contribution is 4.84. The molecule has 0 amide bonds. The van der Waals surface area contributed by atoms with E-state index < -0.39 is 0 Å². The minimum Gasteiger partial charge on any atom is -0.384 e. The number of hydrogen-bond acceptors (Lipinski definition) is 3. The lowest BCUT2D eigenvalue weighted by Gasteiger charge is -2.32. The molecule has 2 N–H and O–H groups in total. The zero-order valence-electron chi connectivity index (χ0n) is 11.3. The van der Waals surface area contributed by atoms with Crippen molar-refractivity contribution in [2.75, 3.05) is 33.4 Å². The van der Waals surface area contributed by atoms with E-state index in [1.807, 2.05) is 0 Å². The van der Waals surface area contributed by atoms with E-state index in [4.69, 9.17) is 10.5 Å². The van der Waals surface area contributed by atoms with Crippen LogP contribution in [0.15, 0.2) is 0 Å². The molecule has 1 rings (SSSR count). The van der Waals surface area contributed by atoms with Crippen molar-refractivity contribution in [1.29, 1.82) is 0 Å². The summed E-state index contributed by atoms with van der Waals surface area (Å²) in [5.41, 5.74) is 6.27. The van der Waals surface area contributed by atoms with Gasteiger partial charge in [-0.25, -0.2) is 0 Å². The van der Waals surface area contributed by atoms with Crippen LogP contribution in [0.1, 0.15) is 33.6 Å². The number of ether oxygens (including phenoxy) is 1. The first-order chi connectivity index (χ1) is 7.46. The van der Waals surface area contributed by atoms with Gasteiger partial charge in [0, 0.05) is 26.2 Å². The highest BCUT2D eigenvalue weighted by atomic mass is 16.5. The monoisotopic (exact) mass is 228 g/mol. The maximum atomic E-state index is 5.91. The Morgan fingerprint density at radius 3 is 2.62 bits per heavy atom. The van der Waals surface area contributed by atoms with Gasteiger partial charge in [0.2, 0.25) is 0 Å². The van der Waals surface area contributed by atoms with Crippen molar-refractivity contribution in [3.63, 3.8) is 0 Å². The van der Waals surface area contributed by atoms with Gasteiger partial charge in [0.15, 0.2) is 0 Å². The van der Waals surface area contributed by atoms with Crippen molar-refractivity contribution >= 4 is 0 Å². The third-order valence-electron chi connectivity index (χ3n) is 3.36. The van der Waals surface area contributed by atoms with Crippen LogP contribution in [0.5, 0.6) is 0 Å². The van der Waals surface area contributed by atoms with E-state index in [1.165, 1.54) is 19.4 Å². The summed E-state index contributed by atoms with van der Waals surface area (Å²) in [5.74, 6) is 0.707. The van der Waals surface area contributed by atoms with E-state index in [1.54, 1.807) is 7.11 Å². The molecule has 0 aromatic rings. The van der Waals surface area contributed by atoms with Gasteiger partial charge in [-0.1, -0.05) is 20.8 Å². The predicted octanol–water partition coefficient (Wildman–Crippen LogP) is 1.72. The molecule has 2 atom stereocenters. The molecule has 1 aliphatic heterocycles. The van der Waals surface area contributed by atoms with Crippen molar-refractivity contribution < 1.29 is 4.74 Å². The minimum absolute atomic E-state index is 0.364. The highest BCUT2D eigenvalue weighted by Gasteiger charge is 2.29. The summed E-state index contributed by atoms with van der Waals surface area (Å²) in [5, 5.41) is 0. The lowest BCUT2D eigenvalue weighted by Crippen LogP contribution is -2.41. The quantitative estimate of drug-likeness (QED) is 0.778. The number of nitrogens with two attached hydrogens (primary N) is 1. The molecule has 0 radical (unpaired) electrons. The minimum atomic E-state index is 0.364. The van der Waals surface area contributed by atoms with E-state index in [-0.39, 0.29) is 0 Å². The van der Waals surface area contributed by atoms with Gasteiger partial charge >= 0.3 is 0 Å². The zero-order valence-corrected chi connectivity index (χ0v) is 11.3. The molecule has 0 aromatic heterocycles. The molecule has 1 saturated heterocycles. The maximum absolute atomic E-state index is 5.91. The Balaban J connectivity index is 2.43. The van der Waals surface area contributed by atoms with E-state index in [0.29, 0.717) is 17.4 Å². The molecule has 96 valence electrons. The molecule has 16 heavy (non-hydrogen) atoms. The first kappa shape index (κ1) is 13.9. The van der Waals surface area contributed by atoms with E-state index >= 15 is 0 Å². The lowest BCUT2D eigenvalue weighted by molar-refractivity contribution is 0.138. The fourth-order valence-corrected chi connectivity index (χ4v) is 2.63. The van der Waals surface area contributed by atoms with Gasteiger partial charge in [-0.3, -0.25) is 4.90 Å². The molecular weight excluding hydrogens is 200 g/mol. The molecule has 1 heterocycles. The van der Waals surface area contributed by atoms with Gasteiger partial charge in [-0.05, 0) is 30.7 Å². The van der Waals surface area contributed by atoms with Crippen LogP contribution in [-0.4, -0.2) is 44.3 Å². The molecule has 0 aromatic carbocycles. The Labute approximate surface area is 100 Å². The van der Waals surface area contributed by atoms with Crippen LogP contribution in [-0.2, 0) is 4.74 Å². The van der Waals surface area contributed by atoms with Gasteiger partial charge < -0.3 is 10.5 Å². The molecule has 0 saturated carbocycles. The van der Waals surface area contributed by atoms with Crippen molar-refractivity contribution in [2.45, 2.75) is 39.7 Å². The average Bonchev–Trinajstić information content (AvgIpc) is 2.62. The molecule has 0 bridgehead atoms. The second-order valence-corrected chi connectivity index (χ2v) is 6.26. The molecule has 3 nitrogen and oxygen atoms in total. The third kappa shape index (κ3) is 4.40. The van der Waals surface area contributed by atoms with Crippen molar-refractivity contribution in [3.8, 4) is 0 Å². The van der Waals surface area contributed by atoms with Gasteiger partial charge in [-0.15, -0.1) is 0 Å². The molecule has 1 fully saturated rings. The fourth-order valence-electron chi connectivity index (χ4n) is 2.63. The van der Waals surface area contributed by atoms with Crippen molar-refractivity contribution in [2.24, 2.45) is 17.1 Å². The average molecular weight is 228 g/mol. The number of nitrogens with zero attached hydrogens (tertiary/aromatic N) is 1. The second-order valence-electron chi connectivity index (χ2n) is 6.26. The van der Waals surface area contributed by atoms with E-state index in [0.717, 1.165) is 19.7 Å². The Hall–Kier alpha value is -0.120. The summed E-state index contributed by atoms with van der Waals surface area (Å²) in [4.78, 5) is 2.55. The van der Waals surface area contributed by atoms with Crippen LogP contribution in [0.25, 0.3) is 0 Å². The zero-order chi connectivity index (χ0) is 12.2. The van der Waals surface area contributed by atoms with Gasteiger partial charge in [0.05, 0.1) is 6.61 Å². The van der Waals surface area contributed by atoms with Crippen LogP contribution in [0, 0.1) is 11.3 Å². The normalized spacial score (nSPS) is 24.9. The van der Waals surface area contributed by atoms with Crippen molar-refractivity contribution in [3.05, 3.63) is 0 Å². The lowest BCUT2D eigenvalue weighted by atomic mass is 9.87. The summed E-state index contributed by atoms with van der Waals surface area (Å²) in [6, 6.07) is 0.543. The SMILES string of the molecule is COCC1CCN(C(CN)CC(C)(C)C)C1. The number of likely N-dealkylation sites (tertiary alicyclic amines) is 1. The van der Waals surface area contributed by atoms with E-state index in [9.17, 15) is 0 Å². The summed E-state index contributed by atoms with van der Waals surface area (Å²) >= 11 is 0. The summed E-state index contributed by atoms with van der Waals surface area (Å²) in [6.45, 7) is 10.9. The van der Waals surface area contributed by atoms with Crippen molar-refractivity contribution in [1.82, 2.24) is 4.90 Å². The Morgan fingerprint density at radius 1 is 1.44 bits per heavy atom. The Kier molecular flexibility index (Phi) is 5.22. The van der Waals surface area contributed by atoms with Crippen LogP contribution in [0.4, 0.5) is 0 Å². The standard InChI is InChI=1S/C13H28N2O/c1-13(2,3)7-12(8-14)15-6-5-11(9-15)10-16-4/h11-12H,5-10,14H2,1-4H3. The molecular formula is C13H28N2O. The smallest absolute Gasteiger partial charge is 0.0503 e. The molecule has 0 aliphatic carbocycles. The maximum Gasteiger partial charge on any atom is 0.0503 e. The number of rotatable bonds is 5. The van der Waals surface area contributed by atoms with Gasteiger partial charge in [-0.2, -0.15) is 0 Å². The van der Waals surface area contributed by atoms with Crippen LogP contribution in [0.3, 0.4) is 0 Å².